The number of ether oxygens (including phenoxy) is 1. The highest BCUT2D eigenvalue weighted by Crippen LogP contribution is 2.09. The maximum absolute atomic E-state index is 10.8. The number of carbonyl (C=O) groups excluding carboxylic acids is 2. The summed E-state index contributed by atoms with van der Waals surface area (Å²) in [6, 6.07) is 15.0. The van der Waals surface area contributed by atoms with Crippen molar-refractivity contribution in [1.29, 1.82) is 0 Å². The summed E-state index contributed by atoms with van der Waals surface area (Å²) in [5.41, 5.74) is 1.16. The number of aldehydes is 1. The Labute approximate surface area is 111 Å². The molecule has 4 heteroatoms. The summed E-state index contributed by atoms with van der Waals surface area (Å²) < 4.78 is 4.46. The van der Waals surface area contributed by atoms with Crippen molar-refractivity contribution < 1.29 is 19.4 Å². The van der Waals surface area contributed by atoms with E-state index in [1.165, 1.54) is 31.4 Å². The molecule has 0 aliphatic rings. The third kappa shape index (κ3) is 5.04. The number of esters is 1. The van der Waals surface area contributed by atoms with Gasteiger partial charge in [-0.3, -0.25) is 4.79 Å². The van der Waals surface area contributed by atoms with Crippen molar-refractivity contribution in [3.63, 3.8) is 0 Å². The van der Waals surface area contributed by atoms with Gasteiger partial charge in [-0.05, 0) is 24.3 Å². The molecular weight excluding hydrogens is 244 g/mol. The minimum atomic E-state index is -0.398. The lowest BCUT2D eigenvalue weighted by atomic mass is 10.2. The fourth-order valence-electron chi connectivity index (χ4n) is 1.25. The molecule has 0 aliphatic heterocycles. The van der Waals surface area contributed by atoms with Crippen LogP contribution in [0.4, 0.5) is 0 Å². The van der Waals surface area contributed by atoms with Gasteiger partial charge in [-0.15, -0.1) is 0 Å². The smallest absolute Gasteiger partial charge is 0.337 e. The van der Waals surface area contributed by atoms with Crippen LogP contribution in [-0.4, -0.2) is 24.5 Å². The van der Waals surface area contributed by atoms with Gasteiger partial charge in [0, 0.05) is 5.56 Å². The number of phenols is 1. The first kappa shape index (κ1) is 14.4. The van der Waals surface area contributed by atoms with Crippen molar-refractivity contribution in [2.45, 2.75) is 0 Å². The molecule has 0 aromatic heterocycles. The topological polar surface area (TPSA) is 63.6 Å². The standard InChI is InChI=1S/C8H8O3.C7H6O/c1-11-8(10)6-2-4-7(9)5-3-6;8-6-7-4-2-1-3-5-7/h2-5,9H,1H3;1-6H. The van der Waals surface area contributed by atoms with Crippen LogP contribution in [0.3, 0.4) is 0 Å². The number of phenolic OH excluding ortho intramolecular Hbond substituents is 1. The molecule has 0 fully saturated rings. The lowest BCUT2D eigenvalue weighted by molar-refractivity contribution is 0.0600. The highest BCUT2D eigenvalue weighted by atomic mass is 16.5. The van der Waals surface area contributed by atoms with Crippen LogP contribution in [0.15, 0.2) is 54.6 Å². The Morgan fingerprint density at radius 3 is 2.05 bits per heavy atom. The fourth-order valence-corrected chi connectivity index (χ4v) is 1.25. The number of hydrogen-bond acceptors (Lipinski definition) is 4. The van der Waals surface area contributed by atoms with Gasteiger partial charge in [0.05, 0.1) is 12.7 Å². The SMILES string of the molecule is COC(=O)c1ccc(O)cc1.O=Cc1ccccc1. The molecule has 0 saturated heterocycles. The molecule has 0 aliphatic carbocycles. The number of benzene rings is 2. The third-order valence-electron chi connectivity index (χ3n) is 2.22. The average molecular weight is 258 g/mol. The first-order valence-corrected chi connectivity index (χ1v) is 5.55. The van der Waals surface area contributed by atoms with Crippen molar-refractivity contribution in [2.75, 3.05) is 7.11 Å². The third-order valence-corrected chi connectivity index (χ3v) is 2.22. The van der Waals surface area contributed by atoms with E-state index in [2.05, 4.69) is 4.74 Å². The largest absolute Gasteiger partial charge is 0.508 e. The minimum Gasteiger partial charge on any atom is -0.508 e. The van der Waals surface area contributed by atoms with Crippen molar-refractivity contribution in [2.24, 2.45) is 0 Å². The van der Waals surface area contributed by atoms with Crippen LogP contribution in [0.25, 0.3) is 0 Å². The predicted octanol–water partition coefficient (Wildman–Crippen LogP) is 2.68. The molecule has 0 unspecified atom stereocenters. The maximum Gasteiger partial charge on any atom is 0.337 e. The Morgan fingerprint density at radius 1 is 1.05 bits per heavy atom. The van der Waals surface area contributed by atoms with Gasteiger partial charge in [0.2, 0.25) is 0 Å². The summed E-state index contributed by atoms with van der Waals surface area (Å²) in [4.78, 5) is 20.8. The molecule has 0 radical (unpaired) electrons. The van der Waals surface area contributed by atoms with Gasteiger partial charge >= 0.3 is 5.97 Å². The predicted molar refractivity (Wildman–Crippen MR) is 71.3 cm³/mol. The van der Waals surface area contributed by atoms with Gasteiger partial charge < -0.3 is 9.84 Å². The maximum atomic E-state index is 10.8. The number of carbonyl (C=O) groups is 2. The van der Waals surface area contributed by atoms with Gasteiger partial charge in [0.1, 0.15) is 12.0 Å². The quantitative estimate of drug-likeness (QED) is 0.664. The van der Waals surface area contributed by atoms with Gasteiger partial charge in [-0.25, -0.2) is 4.79 Å². The second kappa shape index (κ2) is 7.66. The van der Waals surface area contributed by atoms with E-state index in [9.17, 15) is 9.59 Å². The summed E-state index contributed by atoms with van der Waals surface area (Å²) in [7, 11) is 1.31. The van der Waals surface area contributed by atoms with Crippen LogP contribution < -0.4 is 0 Å². The molecule has 4 nitrogen and oxygen atoms in total. The normalized spacial score (nSPS) is 8.89. The summed E-state index contributed by atoms with van der Waals surface area (Å²) in [5, 5.41) is 8.86. The molecule has 1 N–H and O–H groups in total. The Hall–Kier alpha value is -2.62. The van der Waals surface area contributed by atoms with Crippen LogP contribution in [0.1, 0.15) is 20.7 Å². The Morgan fingerprint density at radius 2 is 1.63 bits per heavy atom. The van der Waals surface area contributed by atoms with E-state index in [-0.39, 0.29) is 5.75 Å². The minimum absolute atomic E-state index is 0.137. The van der Waals surface area contributed by atoms with Gasteiger partial charge in [0.25, 0.3) is 0 Å². The molecule has 98 valence electrons. The van der Waals surface area contributed by atoms with E-state index < -0.39 is 5.97 Å². The number of rotatable bonds is 2. The number of aromatic hydroxyl groups is 1. The molecule has 0 amide bonds. The second-order valence-corrected chi connectivity index (χ2v) is 3.57. The zero-order chi connectivity index (χ0) is 14.1. The van der Waals surface area contributed by atoms with E-state index in [4.69, 9.17) is 5.11 Å². The van der Waals surface area contributed by atoms with E-state index in [1.807, 2.05) is 18.2 Å². The molecule has 0 atom stereocenters. The summed E-state index contributed by atoms with van der Waals surface area (Å²) in [5.74, 6) is -0.261. The zero-order valence-corrected chi connectivity index (χ0v) is 10.4. The monoisotopic (exact) mass is 258 g/mol. The first-order chi connectivity index (χ1) is 9.17. The zero-order valence-electron chi connectivity index (χ0n) is 10.4. The molecule has 2 aromatic carbocycles. The van der Waals surface area contributed by atoms with Crippen molar-refractivity contribution in [3.8, 4) is 5.75 Å². The molecule has 2 aromatic rings. The summed E-state index contributed by atoms with van der Waals surface area (Å²) in [6.45, 7) is 0. The van der Waals surface area contributed by atoms with Crippen molar-refractivity contribution in [3.05, 3.63) is 65.7 Å². The number of methoxy groups -OCH3 is 1. The lowest BCUT2D eigenvalue weighted by Crippen LogP contribution is -1.99. The highest BCUT2D eigenvalue weighted by Gasteiger charge is 2.02. The molecule has 2 rings (SSSR count). The van der Waals surface area contributed by atoms with Crippen LogP contribution in [0, 0.1) is 0 Å². The van der Waals surface area contributed by atoms with Crippen LogP contribution in [-0.2, 0) is 4.74 Å². The van der Waals surface area contributed by atoms with Gasteiger partial charge in [0.15, 0.2) is 0 Å². The molecule has 19 heavy (non-hydrogen) atoms. The van der Waals surface area contributed by atoms with Gasteiger partial charge in [-0.1, -0.05) is 30.3 Å². The summed E-state index contributed by atoms with van der Waals surface area (Å²) in [6.07, 6.45) is 0.833. The second-order valence-electron chi connectivity index (χ2n) is 3.57. The Balaban J connectivity index is 0.000000200. The van der Waals surface area contributed by atoms with Crippen LogP contribution in [0.2, 0.25) is 0 Å². The lowest BCUT2D eigenvalue weighted by Gasteiger charge is -1.97. The molecular formula is C15H14O4. The highest BCUT2D eigenvalue weighted by molar-refractivity contribution is 5.89. The van der Waals surface area contributed by atoms with Gasteiger partial charge in [-0.2, -0.15) is 0 Å². The Kier molecular flexibility index (Phi) is 5.82. The Bertz CT molecular complexity index is 518. The summed E-state index contributed by atoms with van der Waals surface area (Å²) >= 11 is 0. The van der Waals surface area contributed by atoms with Crippen LogP contribution >= 0.6 is 0 Å². The fraction of sp³-hybridized carbons (Fsp3) is 0.0667. The van der Waals surface area contributed by atoms with E-state index >= 15 is 0 Å². The van der Waals surface area contributed by atoms with E-state index in [0.717, 1.165) is 11.8 Å². The average Bonchev–Trinajstić information content (AvgIpc) is 2.48. The molecule has 0 bridgehead atoms. The van der Waals surface area contributed by atoms with E-state index in [1.54, 1.807) is 12.1 Å². The molecule has 0 saturated carbocycles. The number of hydrogen-bond donors (Lipinski definition) is 1. The van der Waals surface area contributed by atoms with E-state index in [0.29, 0.717) is 5.56 Å². The molecule has 0 spiro atoms. The molecule has 0 heterocycles. The van der Waals surface area contributed by atoms with Crippen LogP contribution in [0.5, 0.6) is 5.75 Å². The van der Waals surface area contributed by atoms with Crippen molar-refractivity contribution in [1.82, 2.24) is 0 Å². The first-order valence-electron chi connectivity index (χ1n) is 5.55. The van der Waals surface area contributed by atoms with Crippen molar-refractivity contribution >= 4 is 12.3 Å².